The topological polar surface area (TPSA) is 49.4 Å². The number of benzene rings is 3. The highest BCUT2D eigenvalue weighted by atomic mass is 35.5. The number of nitrogens with zero attached hydrogens (tertiary/aromatic N) is 1. The largest absolute Gasteiger partial charge is 0.354 e. The average Bonchev–Trinajstić information content (AvgIpc) is 2.90. The van der Waals surface area contributed by atoms with Crippen molar-refractivity contribution in [1.29, 1.82) is 0 Å². The smallest absolute Gasteiger partial charge is 0.243 e. The molecule has 0 aromatic heterocycles. The van der Waals surface area contributed by atoms with Crippen LogP contribution in [0.15, 0.2) is 72.8 Å². The van der Waals surface area contributed by atoms with Crippen LogP contribution in [0, 0.1) is 0 Å². The molecule has 0 saturated heterocycles. The summed E-state index contributed by atoms with van der Waals surface area (Å²) in [6, 6.07) is 22.7. The van der Waals surface area contributed by atoms with Crippen molar-refractivity contribution in [2.24, 2.45) is 0 Å². The lowest BCUT2D eigenvalue weighted by molar-refractivity contribution is -0.141. The predicted octanol–water partition coefficient (Wildman–Crippen LogP) is 7.22. The maximum absolute atomic E-state index is 13.8. The fourth-order valence-corrected chi connectivity index (χ4v) is 4.75. The quantitative estimate of drug-likeness (QED) is 0.264. The summed E-state index contributed by atoms with van der Waals surface area (Å²) in [5, 5.41) is 3.94. The lowest BCUT2D eigenvalue weighted by atomic mass is 9.99. The van der Waals surface area contributed by atoms with Crippen molar-refractivity contribution in [2.75, 3.05) is 6.54 Å². The number of carbonyl (C=O) groups excluding carboxylic acids is 2. The number of carbonyl (C=O) groups is 2. The standard InChI is InChI=1S/C31H36Cl2N2O2/c1-4-19-34-31(37)29(20-24-9-6-5-7-10-24)35(21-26-27(32)11-8-12-28(26)33)30(36)18-15-23-13-16-25(17-14-23)22(2)3/h5-14,16-17,22,29H,4,15,18-21H2,1-3H3,(H,34,37)/t29-/m0/s1. The molecule has 0 radical (unpaired) electrons. The van der Waals surface area contributed by atoms with Crippen molar-refractivity contribution in [1.82, 2.24) is 10.2 Å². The molecule has 196 valence electrons. The van der Waals surface area contributed by atoms with E-state index < -0.39 is 6.04 Å². The first-order chi connectivity index (χ1) is 17.8. The van der Waals surface area contributed by atoms with Crippen LogP contribution in [0.4, 0.5) is 0 Å². The molecule has 0 heterocycles. The zero-order chi connectivity index (χ0) is 26.8. The van der Waals surface area contributed by atoms with E-state index in [4.69, 9.17) is 23.2 Å². The second-order valence-electron chi connectivity index (χ2n) is 9.61. The van der Waals surface area contributed by atoms with E-state index in [-0.39, 0.29) is 24.8 Å². The van der Waals surface area contributed by atoms with Gasteiger partial charge in [-0.3, -0.25) is 9.59 Å². The van der Waals surface area contributed by atoms with Gasteiger partial charge < -0.3 is 10.2 Å². The van der Waals surface area contributed by atoms with Gasteiger partial charge in [0, 0.05) is 41.5 Å². The minimum atomic E-state index is -0.697. The van der Waals surface area contributed by atoms with Crippen LogP contribution >= 0.6 is 23.2 Å². The predicted molar refractivity (Wildman–Crippen MR) is 153 cm³/mol. The summed E-state index contributed by atoms with van der Waals surface area (Å²) in [5.74, 6) is 0.159. The van der Waals surface area contributed by atoms with E-state index in [1.807, 2.05) is 37.3 Å². The summed E-state index contributed by atoms with van der Waals surface area (Å²) in [7, 11) is 0. The fourth-order valence-electron chi connectivity index (χ4n) is 4.24. The van der Waals surface area contributed by atoms with E-state index in [1.54, 1.807) is 23.1 Å². The minimum absolute atomic E-state index is 0.114. The van der Waals surface area contributed by atoms with E-state index in [1.165, 1.54) is 5.56 Å². The van der Waals surface area contributed by atoms with E-state index in [0.29, 0.717) is 40.9 Å². The Morgan fingerprint density at radius 2 is 1.51 bits per heavy atom. The Morgan fingerprint density at radius 1 is 0.865 bits per heavy atom. The van der Waals surface area contributed by atoms with E-state index in [2.05, 4.69) is 43.4 Å². The van der Waals surface area contributed by atoms with Gasteiger partial charge in [-0.05, 0) is 47.6 Å². The molecule has 4 nitrogen and oxygen atoms in total. The molecule has 0 aliphatic carbocycles. The first-order valence-electron chi connectivity index (χ1n) is 12.9. The molecule has 0 bridgehead atoms. The molecule has 0 spiro atoms. The van der Waals surface area contributed by atoms with E-state index >= 15 is 0 Å². The zero-order valence-corrected chi connectivity index (χ0v) is 23.4. The van der Waals surface area contributed by atoms with Crippen molar-refractivity contribution in [2.45, 2.75) is 65.0 Å². The van der Waals surface area contributed by atoms with Gasteiger partial charge in [0.1, 0.15) is 6.04 Å². The number of rotatable bonds is 12. The Bertz CT molecular complexity index is 1140. The minimum Gasteiger partial charge on any atom is -0.354 e. The molecular weight excluding hydrogens is 503 g/mol. The Balaban J connectivity index is 1.91. The van der Waals surface area contributed by atoms with Crippen LogP contribution in [0.3, 0.4) is 0 Å². The van der Waals surface area contributed by atoms with Crippen molar-refractivity contribution in [3.8, 4) is 0 Å². The van der Waals surface area contributed by atoms with Crippen LogP contribution in [-0.2, 0) is 29.0 Å². The second-order valence-corrected chi connectivity index (χ2v) is 10.4. The molecule has 3 rings (SSSR count). The highest BCUT2D eigenvalue weighted by Gasteiger charge is 2.31. The van der Waals surface area contributed by atoms with Gasteiger partial charge >= 0.3 is 0 Å². The van der Waals surface area contributed by atoms with Gasteiger partial charge in [0.05, 0.1) is 0 Å². The summed E-state index contributed by atoms with van der Waals surface area (Å²) in [4.78, 5) is 28.9. The lowest BCUT2D eigenvalue weighted by Gasteiger charge is -2.32. The molecule has 1 N–H and O–H groups in total. The maximum Gasteiger partial charge on any atom is 0.243 e. The summed E-state index contributed by atoms with van der Waals surface area (Å²) >= 11 is 13.0. The van der Waals surface area contributed by atoms with Gasteiger partial charge in [-0.2, -0.15) is 0 Å². The SMILES string of the molecule is CCCNC(=O)[C@H](Cc1ccccc1)N(Cc1c(Cl)cccc1Cl)C(=O)CCc1ccc(C(C)C)cc1. The highest BCUT2D eigenvalue weighted by Crippen LogP contribution is 2.28. The Morgan fingerprint density at radius 3 is 2.11 bits per heavy atom. The third kappa shape index (κ3) is 8.34. The zero-order valence-electron chi connectivity index (χ0n) is 21.8. The second kappa shape index (κ2) is 14.2. The third-order valence-electron chi connectivity index (χ3n) is 6.48. The molecular formula is C31H36Cl2N2O2. The molecule has 3 aromatic carbocycles. The molecule has 2 amide bonds. The molecule has 6 heteroatoms. The van der Waals surface area contributed by atoms with Crippen molar-refractivity contribution in [3.05, 3.63) is 105 Å². The molecule has 0 saturated carbocycles. The average molecular weight is 540 g/mol. The monoisotopic (exact) mass is 538 g/mol. The Hall–Kier alpha value is -2.82. The molecule has 0 aliphatic rings. The van der Waals surface area contributed by atoms with Gasteiger partial charge in [-0.15, -0.1) is 0 Å². The molecule has 0 fully saturated rings. The summed E-state index contributed by atoms with van der Waals surface area (Å²) in [6.45, 7) is 7.02. The number of aryl methyl sites for hydroxylation is 1. The summed E-state index contributed by atoms with van der Waals surface area (Å²) < 4.78 is 0. The molecule has 1 atom stereocenters. The van der Waals surface area contributed by atoms with Gasteiger partial charge in [0.15, 0.2) is 0 Å². The van der Waals surface area contributed by atoms with Gasteiger partial charge in [-0.25, -0.2) is 0 Å². The van der Waals surface area contributed by atoms with Crippen LogP contribution in [0.1, 0.15) is 61.8 Å². The molecule has 0 unspecified atom stereocenters. The highest BCUT2D eigenvalue weighted by molar-refractivity contribution is 6.36. The van der Waals surface area contributed by atoms with Gasteiger partial charge in [0.25, 0.3) is 0 Å². The lowest BCUT2D eigenvalue weighted by Crippen LogP contribution is -2.50. The molecule has 37 heavy (non-hydrogen) atoms. The van der Waals surface area contributed by atoms with Crippen LogP contribution in [-0.4, -0.2) is 29.3 Å². The van der Waals surface area contributed by atoms with E-state index in [9.17, 15) is 9.59 Å². The number of halogens is 2. The Kier molecular flexibility index (Phi) is 11.0. The fraction of sp³-hybridized carbons (Fsp3) is 0.355. The van der Waals surface area contributed by atoms with Crippen molar-refractivity contribution < 1.29 is 9.59 Å². The van der Waals surface area contributed by atoms with Crippen molar-refractivity contribution in [3.63, 3.8) is 0 Å². The van der Waals surface area contributed by atoms with Gasteiger partial charge in [-0.1, -0.05) is 105 Å². The van der Waals surface area contributed by atoms with Crippen LogP contribution in [0.25, 0.3) is 0 Å². The molecule has 0 aliphatic heterocycles. The van der Waals surface area contributed by atoms with E-state index in [0.717, 1.165) is 17.5 Å². The van der Waals surface area contributed by atoms with Crippen LogP contribution in [0.2, 0.25) is 10.0 Å². The maximum atomic E-state index is 13.8. The number of amides is 2. The van der Waals surface area contributed by atoms with Crippen LogP contribution in [0.5, 0.6) is 0 Å². The number of hydrogen-bond acceptors (Lipinski definition) is 2. The summed E-state index contributed by atoms with van der Waals surface area (Å²) in [5.41, 5.74) is 3.97. The first-order valence-corrected chi connectivity index (χ1v) is 13.7. The first kappa shape index (κ1) is 28.7. The third-order valence-corrected chi connectivity index (χ3v) is 7.19. The number of nitrogens with one attached hydrogen (secondary N) is 1. The van der Waals surface area contributed by atoms with Crippen molar-refractivity contribution >= 4 is 35.0 Å². The normalized spacial score (nSPS) is 11.8. The van der Waals surface area contributed by atoms with Crippen LogP contribution < -0.4 is 5.32 Å². The summed E-state index contributed by atoms with van der Waals surface area (Å²) in [6.07, 6.45) is 2.06. The molecule has 3 aromatic rings. The Labute approximate surface area is 231 Å². The van der Waals surface area contributed by atoms with Gasteiger partial charge in [0.2, 0.25) is 11.8 Å². The number of hydrogen-bond donors (Lipinski definition) is 1.